The Labute approximate surface area is 202 Å². The molecule has 180 valence electrons. The van der Waals surface area contributed by atoms with E-state index < -0.39 is 17.8 Å². The fourth-order valence-electron chi connectivity index (χ4n) is 3.75. The monoisotopic (exact) mass is 486 g/mol. The molecule has 0 fully saturated rings. The van der Waals surface area contributed by atoms with Gasteiger partial charge >= 0.3 is 5.97 Å². The number of fused-ring (bicyclic) bond motifs is 2. The van der Waals surface area contributed by atoms with Crippen molar-refractivity contribution in [2.75, 3.05) is 11.9 Å². The van der Waals surface area contributed by atoms with E-state index in [0.717, 1.165) is 11.1 Å². The highest BCUT2D eigenvalue weighted by Crippen LogP contribution is 2.25. The van der Waals surface area contributed by atoms with E-state index in [1.165, 1.54) is 30.6 Å². The van der Waals surface area contributed by atoms with Crippen LogP contribution in [-0.2, 0) is 17.8 Å². The highest BCUT2D eigenvalue weighted by molar-refractivity contribution is 6.10. The van der Waals surface area contributed by atoms with Crippen LogP contribution in [0.4, 0.5) is 5.82 Å². The van der Waals surface area contributed by atoms with Crippen molar-refractivity contribution < 1.29 is 29.0 Å². The van der Waals surface area contributed by atoms with Crippen LogP contribution in [0.15, 0.2) is 48.8 Å². The summed E-state index contributed by atoms with van der Waals surface area (Å²) < 4.78 is 5.39. The molecule has 3 heterocycles. The summed E-state index contributed by atoms with van der Waals surface area (Å²) in [5.41, 5.74) is 2.34. The molecule has 0 saturated carbocycles. The molecule has 4 N–H and O–H groups in total. The number of hydrogen-bond acceptors (Lipinski definition) is 8. The minimum Gasteiger partial charge on any atom is -0.486 e. The molecule has 2 aromatic carbocycles. The third-order valence-electron chi connectivity index (χ3n) is 5.55. The number of carbonyl (C=O) groups excluding carboxylic acids is 3. The smallest absolute Gasteiger partial charge is 0.335 e. The number of hydrogen-bond donors (Lipinski definition) is 4. The predicted octanol–water partition coefficient (Wildman–Crippen LogP) is 1.74. The van der Waals surface area contributed by atoms with Gasteiger partial charge in [-0.3, -0.25) is 19.5 Å². The highest BCUT2D eigenvalue weighted by Gasteiger charge is 2.20. The van der Waals surface area contributed by atoms with E-state index in [0.29, 0.717) is 5.75 Å². The number of carbonyl (C=O) groups is 4. The topological polar surface area (TPSA) is 176 Å². The van der Waals surface area contributed by atoms with Gasteiger partial charge in [0.05, 0.1) is 5.56 Å². The van der Waals surface area contributed by atoms with Gasteiger partial charge in [-0.05, 0) is 42.0 Å². The normalized spacial score (nSPS) is 12.5. The number of aromatic amines is 1. The first-order valence-electron chi connectivity index (χ1n) is 10.8. The Hall–Kier alpha value is -5.13. The molecule has 0 spiro atoms. The summed E-state index contributed by atoms with van der Waals surface area (Å²) in [6, 6.07) is 10.8. The molecule has 0 aliphatic carbocycles. The largest absolute Gasteiger partial charge is 0.486 e. The van der Waals surface area contributed by atoms with Gasteiger partial charge in [0, 0.05) is 24.1 Å². The average Bonchev–Trinajstić information content (AvgIpc) is 3.29. The second-order valence-corrected chi connectivity index (χ2v) is 7.98. The number of benzene rings is 2. The van der Waals surface area contributed by atoms with E-state index in [1.807, 2.05) is 6.07 Å². The zero-order valence-corrected chi connectivity index (χ0v) is 18.6. The van der Waals surface area contributed by atoms with Gasteiger partial charge < -0.3 is 20.5 Å². The Morgan fingerprint density at radius 1 is 1.03 bits per heavy atom. The van der Waals surface area contributed by atoms with E-state index in [4.69, 9.17) is 9.84 Å². The zero-order chi connectivity index (χ0) is 25.2. The molecule has 1 aliphatic rings. The Morgan fingerprint density at radius 3 is 2.58 bits per heavy atom. The summed E-state index contributed by atoms with van der Waals surface area (Å²) in [7, 11) is 0. The Kier molecular flexibility index (Phi) is 5.82. The van der Waals surface area contributed by atoms with Crippen LogP contribution in [0.5, 0.6) is 5.75 Å². The first-order chi connectivity index (χ1) is 17.4. The first-order valence-corrected chi connectivity index (χ1v) is 10.8. The average molecular weight is 486 g/mol. The number of carboxylic acid groups (broad SMARTS) is 1. The first kappa shape index (κ1) is 22.7. The van der Waals surface area contributed by atoms with Crippen molar-refractivity contribution in [3.63, 3.8) is 0 Å². The van der Waals surface area contributed by atoms with Crippen molar-refractivity contribution in [2.24, 2.45) is 0 Å². The van der Waals surface area contributed by atoms with Gasteiger partial charge in [0.15, 0.2) is 17.3 Å². The Bertz CT molecular complexity index is 1530. The Balaban J connectivity index is 1.30. The summed E-state index contributed by atoms with van der Waals surface area (Å²) in [6.07, 6.45) is 1.47. The predicted molar refractivity (Wildman–Crippen MR) is 125 cm³/mol. The minimum absolute atomic E-state index is 0.00789. The van der Waals surface area contributed by atoms with Gasteiger partial charge in [-0.15, -0.1) is 0 Å². The van der Waals surface area contributed by atoms with Gasteiger partial charge in [0.1, 0.15) is 29.7 Å². The molecule has 36 heavy (non-hydrogen) atoms. The number of nitrogens with one attached hydrogen (secondary N) is 3. The lowest BCUT2D eigenvalue weighted by molar-refractivity contribution is -0.121. The van der Waals surface area contributed by atoms with Crippen molar-refractivity contribution in [1.29, 1.82) is 0 Å². The number of aromatic nitrogens is 4. The molecular formula is C24H18N6O6. The van der Waals surface area contributed by atoms with E-state index in [-0.39, 0.29) is 59.0 Å². The number of H-pyrrole nitrogens is 1. The number of ketones is 1. The lowest BCUT2D eigenvalue weighted by Crippen LogP contribution is -2.25. The minimum atomic E-state index is -1.10. The summed E-state index contributed by atoms with van der Waals surface area (Å²) in [6.45, 7) is 0.256. The maximum Gasteiger partial charge on any atom is 0.335 e. The van der Waals surface area contributed by atoms with Gasteiger partial charge in [0.25, 0.3) is 11.8 Å². The zero-order valence-electron chi connectivity index (χ0n) is 18.6. The molecular weight excluding hydrogens is 468 g/mol. The summed E-state index contributed by atoms with van der Waals surface area (Å²) in [5.74, 6) is -1.37. The van der Waals surface area contributed by atoms with Crippen LogP contribution < -0.4 is 15.4 Å². The van der Waals surface area contributed by atoms with E-state index in [1.54, 1.807) is 12.1 Å². The summed E-state index contributed by atoms with van der Waals surface area (Å²) >= 11 is 0. The fraction of sp³-hybridized carbons (Fsp3) is 0.125. The number of anilines is 1. The second-order valence-electron chi connectivity index (χ2n) is 7.98. The van der Waals surface area contributed by atoms with Crippen LogP contribution in [-0.4, -0.2) is 55.4 Å². The van der Waals surface area contributed by atoms with Gasteiger partial charge in [-0.2, -0.15) is 5.10 Å². The standard InChI is InChI=1S/C24H18N6O6/c31-16-8-15-7-12(1-6-17(15)36-10-16)9-25-23(33)20-18-19(26-11-27-20)21(30-29-18)28-22(32)13-2-4-14(5-3-13)24(34)35/h1-7,11H,8-10H2,(H,25,33)(H,34,35)(H2,28,29,30,32). The second kappa shape index (κ2) is 9.25. The van der Waals surface area contributed by atoms with E-state index in [9.17, 15) is 19.2 Å². The molecule has 1 aliphatic heterocycles. The highest BCUT2D eigenvalue weighted by atomic mass is 16.5. The molecule has 2 aromatic heterocycles. The van der Waals surface area contributed by atoms with Crippen LogP contribution in [0.25, 0.3) is 11.0 Å². The van der Waals surface area contributed by atoms with Crippen LogP contribution >= 0.6 is 0 Å². The summed E-state index contributed by atoms with van der Waals surface area (Å²) in [4.78, 5) is 56.2. The maximum absolute atomic E-state index is 12.8. The Morgan fingerprint density at radius 2 is 1.81 bits per heavy atom. The lowest BCUT2D eigenvalue weighted by atomic mass is 10.0. The van der Waals surface area contributed by atoms with Crippen molar-refractivity contribution in [2.45, 2.75) is 13.0 Å². The van der Waals surface area contributed by atoms with Gasteiger partial charge in [-0.1, -0.05) is 6.07 Å². The van der Waals surface area contributed by atoms with Crippen LogP contribution in [0.3, 0.4) is 0 Å². The van der Waals surface area contributed by atoms with Crippen molar-refractivity contribution >= 4 is 40.4 Å². The van der Waals surface area contributed by atoms with Crippen LogP contribution in [0, 0.1) is 0 Å². The van der Waals surface area contributed by atoms with Gasteiger partial charge in [-0.25, -0.2) is 14.8 Å². The van der Waals surface area contributed by atoms with Crippen molar-refractivity contribution in [1.82, 2.24) is 25.5 Å². The maximum atomic E-state index is 12.8. The number of ether oxygens (including phenoxy) is 1. The number of aromatic carboxylic acids is 1. The van der Waals surface area contributed by atoms with Crippen LogP contribution in [0.1, 0.15) is 42.3 Å². The van der Waals surface area contributed by atoms with Crippen LogP contribution in [0.2, 0.25) is 0 Å². The molecule has 12 heteroatoms. The molecule has 0 unspecified atom stereocenters. The van der Waals surface area contributed by atoms with Crippen molar-refractivity contribution in [3.8, 4) is 5.75 Å². The third-order valence-corrected chi connectivity index (χ3v) is 5.55. The molecule has 2 amide bonds. The number of amides is 2. The molecule has 0 bridgehead atoms. The molecule has 0 saturated heterocycles. The molecule has 0 radical (unpaired) electrons. The number of nitrogens with zero attached hydrogens (tertiary/aromatic N) is 3. The molecule has 4 aromatic rings. The lowest BCUT2D eigenvalue weighted by Gasteiger charge is -2.17. The van der Waals surface area contributed by atoms with Crippen molar-refractivity contribution in [3.05, 3.63) is 76.7 Å². The molecule has 0 atom stereocenters. The van der Waals surface area contributed by atoms with E-state index >= 15 is 0 Å². The third kappa shape index (κ3) is 4.46. The fourth-order valence-corrected chi connectivity index (χ4v) is 3.75. The van der Waals surface area contributed by atoms with Gasteiger partial charge in [0.2, 0.25) is 0 Å². The number of rotatable bonds is 6. The molecule has 12 nitrogen and oxygen atoms in total. The quantitative estimate of drug-likeness (QED) is 0.316. The van der Waals surface area contributed by atoms with E-state index in [2.05, 4.69) is 30.8 Å². The molecule has 5 rings (SSSR count). The number of Topliss-reactive ketones (excluding diaryl/α,β-unsaturated/α-hetero) is 1. The summed E-state index contributed by atoms with van der Waals surface area (Å²) in [5, 5.41) is 21.1. The SMILES string of the molecule is O=C1COc2ccc(CNC(=O)c3ncnc4c(NC(=O)c5ccc(C(=O)O)cc5)n[nH]c34)cc2C1. The number of carboxylic acids is 1.